The predicted octanol–water partition coefficient (Wildman–Crippen LogP) is 4.60. The Bertz CT molecular complexity index is 983. The molecule has 0 atom stereocenters. The fraction of sp³-hybridized carbons (Fsp3) is 0.364. The van der Waals surface area contributed by atoms with E-state index in [1.807, 2.05) is 29.2 Å². The molecule has 152 valence electrons. The number of para-hydroxylation sites is 1. The highest BCUT2D eigenvalue weighted by Gasteiger charge is 2.23. The predicted molar refractivity (Wildman–Crippen MR) is 122 cm³/mol. The first kappa shape index (κ1) is 20.5. The monoisotopic (exact) mass is 473 g/mol. The lowest BCUT2D eigenvalue weighted by molar-refractivity contribution is 0.0391. The summed E-state index contributed by atoms with van der Waals surface area (Å²) in [4.78, 5) is 22.5. The fourth-order valence-corrected chi connectivity index (χ4v) is 4.80. The Morgan fingerprint density at radius 3 is 2.69 bits per heavy atom. The van der Waals surface area contributed by atoms with Crippen molar-refractivity contribution in [3.8, 4) is 0 Å². The molecule has 0 unspecified atom stereocenters. The van der Waals surface area contributed by atoms with Crippen molar-refractivity contribution in [2.75, 3.05) is 44.3 Å². The van der Waals surface area contributed by atoms with Gasteiger partial charge in [-0.3, -0.25) is 14.6 Å². The molecule has 2 aromatic carbocycles. The summed E-state index contributed by atoms with van der Waals surface area (Å²) in [7, 11) is 0. The largest absolute Gasteiger partial charge is 0.379 e. The second-order valence-corrected chi connectivity index (χ2v) is 8.96. The van der Waals surface area contributed by atoms with Crippen LogP contribution < -0.4 is 4.90 Å². The van der Waals surface area contributed by atoms with Crippen LogP contribution in [0.2, 0.25) is 0 Å². The number of morpholine rings is 1. The van der Waals surface area contributed by atoms with Crippen LogP contribution in [-0.4, -0.2) is 55.2 Å². The number of hydrogen-bond donors (Lipinski definition) is 0. The smallest absolute Gasteiger partial charge is 0.260 e. The van der Waals surface area contributed by atoms with Gasteiger partial charge in [-0.2, -0.15) is 0 Å². The number of fused-ring (bicyclic) bond motifs is 1. The average molecular weight is 474 g/mol. The summed E-state index contributed by atoms with van der Waals surface area (Å²) in [6, 6.07) is 13.8. The maximum Gasteiger partial charge on any atom is 0.260 e. The second kappa shape index (κ2) is 9.34. The molecule has 5 nitrogen and oxygen atoms in total. The number of anilines is 1. The van der Waals surface area contributed by atoms with Crippen LogP contribution in [0.1, 0.15) is 22.8 Å². The van der Waals surface area contributed by atoms with Crippen molar-refractivity contribution in [2.45, 2.75) is 13.3 Å². The molecule has 1 amide bonds. The van der Waals surface area contributed by atoms with E-state index in [4.69, 9.17) is 9.72 Å². The summed E-state index contributed by atoms with van der Waals surface area (Å²) in [5, 5.41) is 0.766. The van der Waals surface area contributed by atoms with Gasteiger partial charge in [-0.05, 0) is 42.3 Å². The van der Waals surface area contributed by atoms with Gasteiger partial charge >= 0.3 is 0 Å². The number of halogens is 1. The zero-order chi connectivity index (χ0) is 20.2. The van der Waals surface area contributed by atoms with E-state index in [1.54, 1.807) is 11.3 Å². The van der Waals surface area contributed by atoms with Gasteiger partial charge in [0, 0.05) is 36.2 Å². The normalized spacial score (nSPS) is 15.0. The zero-order valence-corrected chi connectivity index (χ0v) is 18.8. The average Bonchev–Trinajstić information content (AvgIpc) is 3.19. The van der Waals surface area contributed by atoms with E-state index in [9.17, 15) is 4.79 Å². The van der Waals surface area contributed by atoms with E-state index < -0.39 is 0 Å². The summed E-state index contributed by atoms with van der Waals surface area (Å²) in [5.41, 5.74) is 2.90. The quantitative estimate of drug-likeness (QED) is 0.524. The SMILES string of the molecule is CCc1cccc2sc(N(CCN3CCOCC3)C(=O)c3ccc(Br)cc3)nc12. The highest BCUT2D eigenvalue weighted by molar-refractivity contribution is 9.10. The van der Waals surface area contributed by atoms with Crippen molar-refractivity contribution in [3.63, 3.8) is 0 Å². The first-order valence-electron chi connectivity index (χ1n) is 9.91. The zero-order valence-electron chi connectivity index (χ0n) is 16.4. The van der Waals surface area contributed by atoms with E-state index in [2.05, 4.69) is 46.0 Å². The number of carbonyl (C=O) groups is 1. The third-order valence-corrected chi connectivity index (χ3v) is 6.76. The Kier molecular flexibility index (Phi) is 6.60. The van der Waals surface area contributed by atoms with Crippen molar-refractivity contribution in [2.24, 2.45) is 0 Å². The molecule has 3 aromatic rings. The highest BCUT2D eigenvalue weighted by atomic mass is 79.9. The van der Waals surface area contributed by atoms with Gasteiger partial charge in [0.1, 0.15) is 0 Å². The van der Waals surface area contributed by atoms with Crippen LogP contribution in [0.3, 0.4) is 0 Å². The van der Waals surface area contributed by atoms with Gasteiger partial charge in [-0.15, -0.1) is 0 Å². The minimum absolute atomic E-state index is 0.0112. The molecular formula is C22H24BrN3O2S. The first-order chi connectivity index (χ1) is 14.2. The van der Waals surface area contributed by atoms with Crippen LogP contribution in [0.5, 0.6) is 0 Å². The van der Waals surface area contributed by atoms with Gasteiger partial charge in [0.2, 0.25) is 0 Å². The molecule has 4 rings (SSSR count). The maximum atomic E-state index is 13.4. The van der Waals surface area contributed by atoms with E-state index >= 15 is 0 Å². The van der Waals surface area contributed by atoms with Gasteiger partial charge in [0.15, 0.2) is 5.13 Å². The molecule has 2 heterocycles. The molecule has 1 fully saturated rings. The Morgan fingerprint density at radius 2 is 1.97 bits per heavy atom. The first-order valence-corrected chi connectivity index (χ1v) is 11.5. The third kappa shape index (κ3) is 4.69. The van der Waals surface area contributed by atoms with E-state index in [-0.39, 0.29) is 5.91 Å². The molecule has 0 N–H and O–H groups in total. The van der Waals surface area contributed by atoms with E-state index in [0.717, 1.165) is 59.1 Å². The van der Waals surface area contributed by atoms with Gasteiger partial charge < -0.3 is 4.74 Å². The number of hydrogen-bond acceptors (Lipinski definition) is 5. The van der Waals surface area contributed by atoms with Gasteiger partial charge in [0.05, 0.1) is 23.4 Å². The molecule has 1 aliphatic heterocycles. The van der Waals surface area contributed by atoms with Crippen LogP contribution in [0.25, 0.3) is 10.2 Å². The molecule has 0 aliphatic carbocycles. The van der Waals surface area contributed by atoms with E-state index in [0.29, 0.717) is 12.1 Å². The molecule has 0 saturated carbocycles. The lowest BCUT2D eigenvalue weighted by Crippen LogP contribution is -2.43. The fourth-order valence-electron chi connectivity index (χ4n) is 3.49. The number of ether oxygens (including phenoxy) is 1. The van der Waals surface area contributed by atoms with Gasteiger partial charge in [0.25, 0.3) is 5.91 Å². The molecule has 29 heavy (non-hydrogen) atoms. The van der Waals surface area contributed by atoms with Gasteiger partial charge in [-0.25, -0.2) is 4.98 Å². The molecule has 0 bridgehead atoms. The van der Waals surface area contributed by atoms with Crippen LogP contribution in [-0.2, 0) is 11.2 Å². The maximum absolute atomic E-state index is 13.4. The summed E-state index contributed by atoms with van der Waals surface area (Å²) >= 11 is 5.03. The molecule has 1 saturated heterocycles. The molecule has 0 radical (unpaired) electrons. The Hall–Kier alpha value is -1.80. The van der Waals surface area contributed by atoms with Crippen molar-refractivity contribution < 1.29 is 9.53 Å². The molecule has 7 heteroatoms. The number of nitrogens with zero attached hydrogens (tertiary/aromatic N) is 3. The number of aryl methyl sites for hydroxylation is 1. The summed E-state index contributed by atoms with van der Waals surface area (Å²) in [5.74, 6) is -0.0112. The van der Waals surface area contributed by atoms with Crippen molar-refractivity contribution >= 4 is 48.5 Å². The standard InChI is InChI=1S/C22H24BrN3O2S/c1-2-16-4-3-5-19-20(16)24-22(29-19)26(11-10-25-12-14-28-15-13-25)21(27)17-6-8-18(23)9-7-17/h3-9H,2,10-15H2,1H3. The van der Waals surface area contributed by atoms with Crippen LogP contribution in [0, 0.1) is 0 Å². The highest BCUT2D eigenvalue weighted by Crippen LogP contribution is 2.32. The Morgan fingerprint density at radius 1 is 1.21 bits per heavy atom. The summed E-state index contributed by atoms with van der Waals surface area (Å²) in [6.07, 6.45) is 0.926. The number of rotatable bonds is 6. The lowest BCUT2D eigenvalue weighted by atomic mass is 10.1. The Balaban J connectivity index is 1.65. The Labute approximate surface area is 183 Å². The van der Waals surface area contributed by atoms with Crippen molar-refractivity contribution in [1.29, 1.82) is 0 Å². The van der Waals surface area contributed by atoms with Crippen LogP contribution in [0.15, 0.2) is 46.9 Å². The lowest BCUT2D eigenvalue weighted by Gasteiger charge is -2.29. The second-order valence-electron chi connectivity index (χ2n) is 7.03. The summed E-state index contributed by atoms with van der Waals surface area (Å²) in [6.45, 7) is 6.86. The minimum Gasteiger partial charge on any atom is -0.379 e. The van der Waals surface area contributed by atoms with Crippen molar-refractivity contribution in [3.05, 3.63) is 58.1 Å². The minimum atomic E-state index is -0.0112. The van der Waals surface area contributed by atoms with Gasteiger partial charge in [-0.1, -0.05) is 46.3 Å². The molecule has 0 spiro atoms. The summed E-state index contributed by atoms with van der Waals surface area (Å²) < 4.78 is 7.53. The van der Waals surface area contributed by atoms with E-state index in [1.165, 1.54) is 5.56 Å². The number of aromatic nitrogens is 1. The number of benzene rings is 2. The number of carbonyl (C=O) groups excluding carboxylic acids is 1. The molecular weight excluding hydrogens is 450 g/mol. The molecule has 1 aromatic heterocycles. The van der Waals surface area contributed by atoms with Crippen molar-refractivity contribution in [1.82, 2.24) is 9.88 Å². The number of amides is 1. The van der Waals surface area contributed by atoms with Crippen LogP contribution in [0.4, 0.5) is 5.13 Å². The number of thiazole rings is 1. The van der Waals surface area contributed by atoms with Crippen LogP contribution >= 0.6 is 27.3 Å². The topological polar surface area (TPSA) is 45.7 Å². The third-order valence-electron chi connectivity index (χ3n) is 5.18. The molecule has 1 aliphatic rings.